The molecule has 0 fully saturated rings. The van der Waals surface area contributed by atoms with Crippen molar-refractivity contribution in [3.63, 3.8) is 0 Å². The highest BCUT2D eigenvalue weighted by Crippen LogP contribution is 2.47. The van der Waals surface area contributed by atoms with Gasteiger partial charge in [-0.2, -0.15) is 0 Å². The van der Waals surface area contributed by atoms with Gasteiger partial charge in [0.1, 0.15) is 0 Å². The summed E-state index contributed by atoms with van der Waals surface area (Å²) < 4.78 is 0. The number of allylic oxidation sites excluding steroid dienone is 2. The van der Waals surface area contributed by atoms with Crippen molar-refractivity contribution in [3.05, 3.63) is 69.8 Å². The normalized spacial score (nSPS) is 13.3. The maximum absolute atomic E-state index is 11.0. The van der Waals surface area contributed by atoms with Gasteiger partial charge in [-0.3, -0.25) is 10.1 Å². The van der Waals surface area contributed by atoms with Gasteiger partial charge in [-0.25, -0.2) is 0 Å². The number of benzene rings is 2. The van der Waals surface area contributed by atoms with Crippen LogP contribution in [0.3, 0.4) is 0 Å². The van der Waals surface area contributed by atoms with Crippen LogP contribution in [0.2, 0.25) is 0 Å². The Labute approximate surface area is 155 Å². The van der Waals surface area contributed by atoms with Gasteiger partial charge in [-0.15, -0.1) is 0 Å². The number of nitrogens with two attached hydrogens (primary N) is 1. The highest BCUT2D eigenvalue weighted by atomic mass is 16.6. The molecule has 0 radical (unpaired) electrons. The van der Waals surface area contributed by atoms with Gasteiger partial charge in [0.2, 0.25) is 0 Å². The number of nitrogen functional groups attached to an aromatic ring is 1. The van der Waals surface area contributed by atoms with Crippen LogP contribution < -0.4 is 5.73 Å². The van der Waals surface area contributed by atoms with E-state index < -0.39 is 0 Å². The third kappa shape index (κ3) is 4.31. The van der Waals surface area contributed by atoms with Crippen LogP contribution >= 0.6 is 0 Å². The van der Waals surface area contributed by atoms with Crippen LogP contribution in [0.1, 0.15) is 52.7 Å². The lowest BCUT2D eigenvalue weighted by Gasteiger charge is -2.34. The molecule has 4 heteroatoms. The van der Waals surface area contributed by atoms with E-state index >= 15 is 0 Å². The number of hydrogen-bond acceptors (Lipinski definition) is 3. The Morgan fingerprint density at radius 3 is 1.42 bits per heavy atom. The standard InChI is InChI=1S/C22H28N2O2/c1-21(2,3)19(15-7-11-17(23)12-8-15)20(22(4,5)6)16-9-13-18(14-10-16)24(25)26/h7-14H,23H2,1-6H3. The molecule has 2 aromatic rings. The van der Waals surface area contributed by atoms with Crippen molar-refractivity contribution >= 4 is 22.5 Å². The Balaban J connectivity index is 2.81. The Kier molecular flexibility index (Phi) is 5.26. The lowest BCUT2D eigenvalue weighted by atomic mass is 9.70. The molecule has 0 saturated carbocycles. The predicted molar refractivity (Wildman–Crippen MR) is 110 cm³/mol. The number of hydrogen-bond donors (Lipinski definition) is 1. The first-order valence-corrected chi connectivity index (χ1v) is 8.77. The van der Waals surface area contributed by atoms with Crippen molar-refractivity contribution < 1.29 is 4.92 Å². The summed E-state index contributed by atoms with van der Waals surface area (Å²) in [6, 6.07) is 14.8. The third-order valence-electron chi connectivity index (χ3n) is 4.32. The fourth-order valence-electron chi connectivity index (χ4n) is 3.30. The van der Waals surface area contributed by atoms with Gasteiger partial charge in [0, 0.05) is 17.8 Å². The van der Waals surface area contributed by atoms with Gasteiger partial charge in [-0.05, 0) is 57.4 Å². The molecule has 0 aliphatic heterocycles. The topological polar surface area (TPSA) is 69.2 Å². The molecule has 0 bridgehead atoms. The average Bonchev–Trinajstić information content (AvgIpc) is 2.51. The summed E-state index contributed by atoms with van der Waals surface area (Å²) >= 11 is 0. The summed E-state index contributed by atoms with van der Waals surface area (Å²) in [5, 5.41) is 11.0. The fourth-order valence-corrected chi connectivity index (χ4v) is 3.30. The van der Waals surface area contributed by atoms with E-state index in [9.17, 15) is 10.1 Å². The van der Waals surface area contributed by atoms with Gasteiger partial charge >= 0.3 is 0 Å². The molecule has 138 valence electrons. The third-order valence-corrected chi connectivity index (χ3v) is 4.32. The first kappa shape index (κ1) is 19.7. The zero-order chi connectivity index (χ0) is 19.7. The molecule has 0 amide bonds. The SMILES string of the molecule is CC(C)(C)C(=C(c1ccc([N+](=O)[O-])cc1)C(C)(C)C)c1ccc(N)cc1. The van der Waals surface area contributed by atoms with E-state index in [0.717, 1.165) is 16.8 Å². The van der Waals surface area contributed by atoms with Crippen LogP contribution in [-0.4, -0.2) is 4.92 Å². The summed E-state index contributed by atoms with van der Waals surface area (Å²) in [7, 11) is 0. The quantitative estimate of drug-likeness (QED) is 0.310. The molecule has 0 heterocycles. The van der Waals surface area contributed by atoms with Crippen molar-refractivity contribution in [2.24, 2.45) is 10.8 Å². The first-order valence-electron chi connectivity index (χ1n) is 8.77. The van der Waals surface area contributed by atoms with E-state index in [1.165, 1.54) is 11.1 Å². The molecule has 0 spiro atoms. The van der Waals surface area contributed by atoms with Crippen LogP contribution in [-0.2, 0) is 0 Å². The second-order valence-corrected chi connectivity index (χ2v) is 8.68. The number of nitrogens with zero attached hydrogens (tertiary/aromatic N) is 1. The number of nitro groups is 1. The van der Waals surface area contributed by atoms with Crippen LogP contribution in [0.5, 0.6) is 0 Å². The lowest BCUT2D eigenvalue weighted by Crippen LogP contribution is -2.18. The van der Waals surface area contributed by atoms with E-state index in [0.29, 0.717) is 0 Å². The number of anilines is 1. The summed E-state index contributed by atoms with van der Waals surface area (Å²) in [5.41, 5.74) is 11.0. The van der Waals surface area contributed by atoms with Gasteiger partial charge in [-0.1, -0.05) is 53.7 Å². The monoisotopic (exact) mass is 352 g/mol. The van der Waals surface area contributed by atoms with E-state index in [1.807, 2.05) is 36.4 Å². The minimum absolute atomic E-state index is 0.104. The van der Waals surface area contributed by atoms with Gasteiger partial charge in [0.25, 0.3) is 5.69 Å². The summed E-state index contributed by atoms with van der Waals surface area (Å²) in [6.07, 6.45) is 0. The summed E-state index contributed by atoms with van der Waals surface area (Å²) in [5.74, 6) is 0. The minimum atomic E-state index is -0.366. The fraction of sp³-hybridized carbons (Fsp3) is 0.364. The van der Waals surface area contributed by atoms with E-state index in [-0.39, 0.29) is 21.4 Å². The first-order chi connectivity index (χ1) is 11.9. The Hall–Kier alpha value is -2.62. The highest BCUT2D eigenvalue weighted by molar-refractivity contribution is 5.95. The van der Waals surface area contributed by atoms with E-state index in [2.05, 4.69) is 41.5 Å². The smallest absolute Gasteiger partial charge is 0.269 e. The van der Waals surface area contributed by atoms with Crippen LogP contribution in [0, 0.1) is 20.9 Å². The molecule has 2 N–H and O–H groups in total. The number of nitro benzene ring substituents is 1. The zero-order valence-electron chi connectivity index (χ0n) is 16.5. The average molecular weight is 352 g/mol. The van der Waals surface area contributed by atoms with Crippen LogP contribution in [0.15, 0.2) is 48.5 Å². The molecule has 0 atom stereocenters. The molecule has 0 unspecified atom stereocenters. The Morgan fingerprint density at radius 1 is 0.769 bits per heavy atom. The van der Waals surface area contributed by atoms with Crippen molar-refractivity contribution in [2.75, 3.05) is 5.73 Å². The van der Waals surface area contributed by atoms with Gasteiger partial charge < -0.3 is 5.73 Å². The van der Waals surface area contributed by atoms with Crippen molar-refractivity contribution in [1.29, 1.82) is 0 Å². The maximum atomic E-state index is 11.0. The summed E-state index contributed by atoms with van der Waals surface area (Å²) in [6.45, 7) is 13.1. The second-order valence-electron chi connectivity index (χ2n) is 8.68. The second kappa shape index (κ2) is 6.94. The molecular weight excluding hydrogens is 324 g/mol. The maximum Gasteiger partial charge on any atom is 0.269 e. The Morgan fingerprint density at radius 2 is 1.12 bits per heavy atom. The Bertz CT molecular complexity index is 818. The molecule has 26 heavy (non-hydrogen) atoms. The molecule has 0 aliphatic rings. The molecule has 0 aromatic heterocycles. The highest BCUT2D eigenvalue weighted by Gasteiger charge is 2.30. The van der Waals surface area contributed by atoms with Crippen LogP contribution in [0.4, 0.5) is 11.4 Å². The zero-order valence-corrected chi connectivity index (χ0v) is 16.5. The molecule has 4 nitrogen and oxygen atoms in total. The molecule has 0 aliphatic carbocycles. The van der Waals surface area contributed by atoms with Crippen molar-refractivity contribution in [3.8, 4) is 0 Å². The molecular formula is C22H28N2O2. The molecule has 2 aromatic carbocycles. The number of non-ortho nitro benzene ring substituents is 1. The molecule has 2 rings (SSSR count). The van der Waals surface area contributed by atoms with E-state index in [1.54, 1.807) is 12.1 Å². The summed E-state index contributed by atoms with van der Waals surface area (Å²) in [4.78, 5) is 10.6. The van der Waals surface area contributed by atoms with Crippen LogP contribution in [0.25, 0.3) is 11.1 Å². The van der Waals surface area contributed by atoms with Crippen molar-refractivity contribution in [2.45, 2.75) is 41.5 Å². The molecule has 0 saturated heterocycles. The van der Waals surface area contributed by atoms with E-state index in [4.69, 9.17) is 5.73 Å². The lowest BCUT2D eigenvalue weighted by molar-refractivity contribution is -0.384. The number of rotatable bonds is 3. The van der Waals surface area contributed by atoms with Gasteiger partial charge in [0.05, 0.1) is 4.92 Å². The largest absolute Gasteiger partial charge is 0.399 e. The minimum Gasteiger partial charge on any atom is -0.399 e. The predicted octanol–water partition coefficient (Wildman–Crippen LogP) is 6.18. The van der Waals surface area contributed by atoms with Gasteiger partial charge in [0.15, 0.2) is 0 Å². The van der Waals surface area contributed by atoms with Crippen molar-refractivity contribution in [1.82, 2.24) is 0 Å².